The maximum atomic E-state index is 12.9. The van der Waals surface area contributed by atoms with E-state index in [1.807, 2.05) is 6.07 Å². The second-order valence-electron chi connectivity index (χ2n) is 6.14. The minimum Gasteiger partial charge on any atom is -0.311 e. The number of nitrogens with zero attached hydrogens (tertiary/aromatic N) is 1. The van der Waals surface area contributed by atoms with Crippen LogP contribution in [-0.2, 0) is 5.41 Å². The first-order chi connectivity index (χ1) is 8.66. The van der Waals surface area contributed by atoms with E-state index in [4.69, 9.17) is 0 Å². The van der Waals surface area contributed by atoms with Crippen LogP contribution in [0, 0.1) is 5.82 Å². The van der Waals surface area contributed by atoms with Crippen molar-refractivity contribution in [3.8, 4) is 0 Å². The molecule has 2 aliphatic carbocycles. The van der Waals surface area contributed by atoms with Crippen LogP contribution in [0.2, 0.25) is 0 Å². The minimum absolute atomic E-state index is 0.134. The molecule has 0 aliphatic heterocycles. The van der Waals surface area contributed by atoms with Crippen LogP contribution in [0.15, 0.2) is 18.3 Å². The van der Waals surface area contributed by atoms with Crippen LogP contribution in [0.4, 0.5) is 4.39 Å². The molecule has 98 valence electrons. The van der Waals surface area contributed by atoms with Gasteiger partial charge in [0.05, 0.1) is 6.20 Å². The molecule has 2 saturated carbocycles. The van der Waals surface area contributed by atoms with Crippen LogP contribution < -0.4 is 5.32 Å². The molecule has 1 aromatic rings. The lowest BCUT2D eigenvalue weighted by molar-refractivity contribution is 0.258. The highest BCUT2D eigenvalue weighted by Gasteiger charge is 2.35. The SMILES string of the molecule is C[C@]1(c2ccc(F)cn2)CC[C@H](NC2CC2)CC1. The molecule has 0 bridgehead atoms. The molecule has 2 aliphatic rings. The van der Waals surface area contributed by atoms with Gasteiger partial charge in [0.25, 0.3) is 0 Å². The second kappa shape index (κ2) is 4.61. The summed E-state index contributed by atoms with van der Waals surface area (Å²) in [6.07, 6.45) is 8.78. The molecule has 0 saturated heterocycles. The van der Waals surface area contributed by atoms with Crippen molar-refractivity contribution in [2.24, 2.45) is 0 Å². The highest BCUT2D eigenvalue weighted by atomic mass is 19.1. The molecule has 1 N–H and O–H groups in total. The third-order valence-corrected chi connectivity index (χ3v) is 4.48. The van der Waals surface area contributed by atoms with Crippen molar-refractivity contribution >= 4 is 0 Å². The first-order valence-corrected chi connectivity index (χ1v) is 7.04. The summed E-state index contributed by atoms with van der Waals surface area (Å²) in [6, 6.07) is 4.86. The monoisotopic (exact) mass is 248 g/mol. The molecule has 0 amide bonds. The van der Waals surface area contributed by atoms with Crippen LogP contribution in [0.3, 0.4) is 0 Å². The van der Waals surface area contributed by atoms with Gasteiger partial charge in [0, 0.05) is 23.2 Å². The van der Waals surface area contributed by atoms with Crippen LogP contribution >= 0.6 is 0 Å². The smallest absolute Gasteiger partial charge is 0.141 e. The molecular weight excluding hydrogens is 227 g/mol. The fourth-order valence-corrected chi connectivity index (χ4v) is 2.99. The Kier molecular flexibility index (Phi) is 3.10. The van der Waals surface area contributed by atoms with Crippen LogP contribution in [0.25, 0.3) is 0 Å². The summed E-state index contributed by atoms with van der Waals surface area (Å²) in [5.41, 5.74) is 1.18. The van der Waals surface area contributed by atoms with Crippen molar-refractivity contribution in [2.75, 3.05) is 0 Å². The Bertz CT molecular complexity index is 403. The first kappa shape index (κ1) is 12.1. The quantitative estimate of drug-likeness (QED) is 0.888. The fraction of sp³-hybridized carbons (Fsp3) is 0.667. The molecule has 18 heavy (non-hydrogen) atoms. The fourth-order valence-electron chi connectivity index (χ4n) is 2.99. The number of halogens is 1. The summed E-state index contributed by atoms with van der Waals surface area (Å²) < 4.78 is 12.9. The van der Waals surface area contributed by atoms with Gasteiger partial charge in [0.1, 0.15) is 5.82 Å². The Morgan fingerprint density at radius 1 is 1.17 bits per heavy atom. The summed E-state index contributed by atoms with van der Waals surface area (Å²) >= 11 is 0. The number of nitrogens with one attached hydrogen (secondary N) is 1. The van der Waals surface area contributed by atoms with E-state index in [2.05, 4.69) is 17.2 Å². The Balaban J connectivity index is 1.63. The van der Waals surface area contributed by atoms with Gasteiger partial charge < -0.3 is 5.32 Å². The van der Waals surface area contributed by atoms with E-state index in [0.717, 1.165) is 24.6 Å². The third-order valence-electron chi connectivity index (χ3n) is 4.48. The molecule has 0 radical (unpaired) electrons. The van der Waals surface area contributed by atoms with E-state index in [1.165, 1.54) is 37.9 Å². The van der Waals surface area contributed by atoms with Gasteiger partial charge in [-0.2, -0.15) is 0 Å². The maximum absolute atomic E-state index is 12.9. The molecule has 1 aromatic heterocycles. The first-order valence-electron chi connectivity index (χ1n) is 7.04. The molecule has 2 fully saturated rings. The molecule has 2 nitrogen and oxygen atoms in total. The van der Waals surface area contributed by atoms with Gasteiger partial charge in [-0.15, -0.1) is 0 Å². The van der Waals surface area contributed by atoms with Gasteiger partial charge in [0.2, 0.25) is 0 Å². The van der Waals surface area contributed by atoms with Crippen molar-refractivity contribution in [2.45, 2.75) is 62.9 Å². The number of hydrogen-bond donors (Lipinski definition) is 1. The lowest BCUT2D eigenvalue weighted by Gasteiger charge is -2.37. The molecular formula is C15H21FN2. The number of aromatic nitrogens is 1. The van der Waals surface area contributed by atoms with Gasteiger partial charge in [-0.3, -0.25) is 4.98 Å². The Labute approximate surface area is 108 Å². The lowest BCUT2D eigenvalue weighted by Crippen LogP contribution is -2.39. The predicted molar refractivity (Wildman–Crippen MR) is 70.0 cm³/mol. The molecule has 1 heterocycles. The van der Waals surface area contributed by atoms with Crippen molar-refractivity contribution in [3.05, 3.63) is 29.8 Å². The van der Waals surface area contributed by atoms with E-state index < -0.39 is 0 Å². The van der Waals surface area contributed by atoms with Gasteiger partial charge in [-0.1, -0.05) is 6.92 Å². The highest BCUT2D eigenvalue weighted by molar-refractivity contribution is 5.17. The van der Waals surface area contributed by atoms with Crippen molar-refractivity contribution in [1.82, 2.24) is 10.3 Å². The van der Waals surface area contributed by atoms with Crippen LogP contribution in [-0.4, -0.2) is 17.1 Å². The van der Waals surface area contributed by atoms with Crippen molar-refractivity contribution < 1.29 is 4.39 Å². The summed E-state index contributed by atoms with van der Waals surface area (Å²) in [5.74, 6) is -0.244. The topological polar surface area (TPSA) is 24.9 Å². The van der Waals surface area contributed by atoms with E-state index in [1.54, 1.807) is 0 Å². The number of rotatable bonds is 3. The summed E-state index contributed by atoms with van der Waals surface area (Å²) in [6.45, 7) is 2.26. The van der Waals surface area contributed by atoms with E-state index >= 15 is 0 Å². The summed E-state index contributed by atoms with van der Waals surface area (Å²) in [4.78, 5) is 4.28. The maximum Gasteiger partial charge on any atom is 0.141 e. The predicted octanol–water partition coefficient (Wildman–Crippen LogP) is 3.17. The summed E-state index contributed by atoms with van der Waals surface area (Å²) in [7, 11) is 0. The molecule has 0 atom stereocenters. The van der Waals surface area contributed by atoms with E-state index in [0.29, 0.717) is 6.04 Å². The molecule has 3 heteroatoms. The highest BCUT2D eigenvalue weighted by Crippen LogP contribution is 2.38. The van der Waals surface area contributed by atoms with Crippen LogP contribution in [0.5, 0.6) is 0 Å². The average Bonchev–Trinajstić information content (AvgIpc) is 3.17. The largest absolute Gasteiger partial charge is 0.311 e. The Hall–Kier alpha value is -0.960. The lowest BCUT2D eigenvalue weighted by atomic mass is 9.71. The molecule has 0 unspecified atom stereocenters. The molecule has 3 rings (SSSR count). The zero-order chi connectivity index (χ0) is 12.6. The third kappa shape index (κ3) is 2.56. The van der Waals surface area contributed by atoms with Crippen LogP contribution in [0.1, 0.15) is 51.1 Å². The number of hydrogen-bond acceptors (Lipinski definition) is 2. The Morgan fingerprint density at radius 2 is 1.83 bits per heavy atom. The van der Waals surface area contributed by atoms with Crippen molar-refractivity contribution in [3.63, 3.8) is 0 Å². The van der Waals surface area contributed by atoms with E-state index in [9.17, 15) is 4.39 Å². The second-order valence-corrected chi connectivity index (χ2v) is 6.14. The zero-order valence-electron chi connectivity index (χ0n) is 11.0. The van der Waals surface area contributed by atoms with E-state index in [-0.39, 0.29) is 11.2 Å². The number of pyridine rings is 1. The van der Waals surface area contributed by atoms with Gasteiger partial charge >= 0.3 is 0 Å². The average molecular weight is 248 g/mol. The minimum atomic E-state index is -0.244. The zero-order valence-corrected chi connectivity index (χ0v) is 11.0. The van der Waals surface area contributed by atoms with Gasteiger partial charge in [0.15, 0.2) is 0 Å². The standard InChI is InChI=1S/C15H21FN2/c1-15(14-5-2-11(16)10-17-14)8-6-13(7-9-15)18-12-3-4-12/h2,5,10,12-13,18H,3-4,6-9H2,1H3/t13-,15-. The normalized spacial score (nSPS) is 32.4. The van der Waals surface area contributed by atoms with Crippen molar-refractivity contribution in [1.29, 1.82) is 0 Å². The molecule has 0 spiro atoms. The summed E-state index contributed by atoms with van der Waals surface area (Å²) in [5, 5.41) is 3.71. The van der Waals surface area contributed by atoms with Gasteiger partial charge in [-0.25, -0.2) is 4.39 Å². The molecule has 0 aromatic carbocycles. The Morgan fingerprint density at radius 3 is 2.39 bits per heavy atom. The van der Waals surface area contributed by atoms with Gasteiger partial charge in [-0.05, 0) is 50.7 Å².